The summed E-state index contributed by atoms with van der Waals surface area (Å²) < 4.78 is 10.8. The average Bonchev–Trinajstić information content (AvgIpc) is 2.43. The smallest absolute Gasteiger partial charge is 0.138 e. The van der Waals surface area contributed by atoms with E-state index >= 15 is 0 Å². The van der Waals surface area contributed by atoms with Crippen LogP contribution in [0.5, 0.6) is 11.5 Å². The topological polar surface area (TPSA) is 18.5 Å². The third-order valence-corrected chi connectivity index (χ3v) is 3.54. The Hall–Kier alpha value is -0.890. The van der Waals surface area contributed by atoms with Crippen LogP contribution in [-0.2, 0) is 0 Å². The zero-order chi connectivity index (χ0) is 14.3. The monoisotopic (exact) mass is 283 g/mol. The van der Waals surface area contributed by atoms with E-state index in [9.17, 15) is 0 Å². The van der Waals surface area contributed by atoms with E-state index in [4.69, 9.17) is 21.1 Å². The van der Waals surface area contributed by atoms with Crippen molar-refractivity contribution in [2.24, 2.45) is 0 Å². The van der Waals surface area contributed by atoms with E-state index in [1.807, 2.05) is 12.1 Å². The Kier molecular flexibility index (Phi) is 7.07. The highest BCUT2D eigenvalue weighted by atomic mass is 35.5. The third kappa shape index (κ3) is 4.31. The molecule has 0 bridgehead atoms. The van der Waals surface area contributed by atoms with Crippen molar-refractivity contribution in [3.05, 3.63) is 29.1 Å². The van der Waals surface area contributed by atoms with Crippen LogP contribution in [0.15, 0.2) is 12.1 Å². The molecule has 0 aliphatic rings. The van der Waals surface area contributed by atoms with Gasteiger partial charge in [-0.2, -0.15) is 0 Å². The second-order valence-corrected chi connectivity index (χ2v) is 5.06. The van der Waals surface area contributed by atoms with Gasteiger partial charge in [0.2, 0.25) is 0 Å². The lowest BCUT2D eigenvalue weighted by Gasteiger charge is -2.20. The zero-order valence-corrected chi connectivity index (χ0v) is 13.1. The molecule has 0 aromatic heterocycles. The number of halogens is 1. The van der Waals surface area contributed by atoms with Crippen LogP contribution in [0.3, 0.4) is 0 Å². The summed E-state index contributed by atoms with van der Waals surface area (Å²) in [6.07, 6.45) is 6.89. The van der Waals surface area contributed by atoms with Crippen LogP contribution in [0.2, 0.25) is 5.02 Å². The molecule has 1 aromatic rings. The zero-order valence-electron chi connectivity index (χ0n) is 12.3. The first-order valence-electron chi connectivity index (χ1n) is 6.92. The first kappa shape index (κ1) is 16.2. The Morgan fingerprint density at radius 3 is 2.32 bits per heavy atom. The van der Waals surface area contributed by atoms with E-state index in [1.54, 1.807) is 14.2 Å². The minimum atomic E-state index is 0.395. The van der Waals surface area contributed by atoms with Gasteiger partial charge in [0.25, 0.3) is 0 Å². The van der Waals surface area contributed by atoms with Gasteiger partial charge in [-0.15, -0.1) is 0 Å². The van der Waals surface area contributed by atoms with Gasteiger partial charge >= 0.3 is 0 Å². The minimum absolute atomic E-state index is 0.395. The SMILES string of the molecule is CCC[CH]C(CCC)c1cc(OC)c(Cl)cc1OC. The van der Waals surface area contributed by atoms with Gasteiger partial charge in [-0.25, -0.2) is 0 Å². The Balaban J connectivity index is 3.11. The summed E-state index contributed by atoms with van der Waals surface area (Å²) in [5.41, 5.74) is 1.17. The molecule has 0 N–H and O–H groups in total. The highest BCUT2D eigenvalue weighted by molar-refractivity contribution is 6.32. The fourth-order valence-corrected chi connectivity index (χ4v) is 2.48. The van der Waals surface area contributed by atoms with Crippen LogP contribution >= 0.6 is 11.6 Å². The van der Waals surface area contributed by atoms with Crippen molar-refractivity contribution < 1.29 is 9.47 Å². The molecule has 0 aliphatic heterocycles. The number of hydrogen-bond acceptors (Lipinski definition) is 2. The Morgan fingerprint density at radius 2 is 1.79 bits per heavy atom. The summed E-state index contributed by atoms with van der Waals surface area (Å²) >= 11 is 6.15. The molecule has 107 valence electrons. The van der Waals surface area contributed by atoms with E-state index in [2.05, 4.69) is 20.3 Å². The first-order valence-corrected chi connectivity index (χ1v) is 7.30. The number of hydrogen-bond donors (Lipinski definition) is 0. The summed E-state index contributed by atoms with van der Waals surface area (Å²) in [7, 11) is 3.33. The predicted molar refractivity (Wildman–Crippen MR) is 81.4 cm³/mol. The summed E-state index contributed by atoms with van der Waals surface area (Å²) in [5, 5.41) is 0.592. The lowest BCUT2D eigenvalue weighted by atomic mass is 9.89. The molecule has 0 fully saturated rings. The van der Waals surface area contributed by atoms with Gasteiger partial charge in [0, 0.05) is 11.6 Å². The molecule has 0 saturated carbocycles. The normalized spacial score (nSPS) is 12.3. The maximum atomic E-state index is 6.15. The number of benzene rings is 1. The van der Waals surface area contributed by atoms with Crippen LogP contribution in [0, 0.1) is 6.42 Å². The van der Waals surface area contributed by atoms with E-state index in [-0.39, 0.29) is 0 Å². The standard InChI is InChI=1S/C16H24ClO2/c1-5-7-9-12(8-6-2)13-10-16(19-4)14(17)11-15(13)18-3/h9-12H,5-8H2,1-4H3. The van der Waals surface area contributed by atoms with Crippen molar-refractivity contribution in [3.8, 4) is 11.5 Å². The second kappa shape index (κ2) is 8.31. The summed E-state index contributed by atoms with van der Waals surface area (Å²) in [6, 6.07) is 3.85. The maximum Gasteiger partial charge on any atom is 0.138 e. The number of ether oxygens (including phenoxy) is 2. The highest BCUT2D eigenvalue weighted by Gasteiger charge is 2.18. The van der Waals surface area contributed by atoms with E-state index in [0.717, 1.165) is 31.4 Å². The van der Waals surface area contributed by atoms with Crippen LogP contribution in [-0.4, -0.2) is 14.2 Å². The lowest BCUT2D eigenvalue weighted by Crippen LogP contribution is -2.03. The van der Waals surface area contributed by atoms with Crippen molar-refractivity contribution in [1.82, 2.24) is 0 Å². The van der Waals surface area contributed by atoms with Crippen molar-refractivity contribution in [3.63, 3.8) is 0 Å². The molecular weight excluding hydrogens is 260 g/mol. The molecule has 0 saturated heterocycles. The van der Waals surface area contributed by atoms with Crippen molar-refractivity contribution in [2.45, 2.75) is 45.4 Å². The highest BCUT2D eigenvalue weighted by Crippen LogP contribution is 2.39. The number of unbranched alkanes of at least 4 members (excludes halogenated alkanes) is 1. The van der Waals surface area contributed by atoms with Crippen molar-refractivity contribution >= 4 is 11.6 Å². The van der Waals surface area contributed by atoms with E-state index in [1.165, 1.54) is 5.56 Å². The average molecular weight is 284 g/mol. The fraction of sp³-hybridized carbons (Fsp3) is 0.562. The molecule has 3 heteroatoms. The van der Waals surface area contributed by atoms with Gasteiger partial charge < -0.3 is 9.47 Å². The first-order chi connectivity index (χ1) is 9.17. The molecule has 0 heterocycles. The van der Waals surface area contributed by atoms with Gasteiger partial charge in [0.05, 0.1) is 19.2 Å². The largest absolute Gasteiger partial charge is 0.496 e. The van der Waals surface area contributed by atoms with Gasteiger partial charge in [0.1, 0.15) is 11.5 Å². The molecule has 1 rings (SSSR count). The molecular formula is C16H24ClO2. The maximum absolute atomic E-state index is 6.15. The molecule has 1 unspecified atom stereocenters. The Morgan fingerprint density at radius 1 is 1.11 bits per heavy atom. The number of rotatable bonds is 8. The van der Waals surface area contributed by atoms with Crippen LogP contribution < -0.4 is 9.47 Å². The lowest BCUT2D eigenvalue weighted by molar-refractivity contribution is 0.395. The molecule has 0 aliphatic carbocycles. The summed E-state index contributed by atoms with van der Waals surface area (Å²) in [5.74, 6) is 1.95. The molecule has 1 aromatic carbocycles. The van der Waals surface area contributed by atoms with Crippen LogP contribution in [0.25, 0.3) is 0 Å². The summed E-state index contributed by atoms with van der Waals surface area (Å²) in [4.78, 5) is 0. The molecule has 0 amide bonds. The minimum Gasteiger partial charge on any atom is -0.496 e. The summed E-state index contributed by atoms with van der Waals surface area (Å²) in [6.45, 7) is 4.39. The van der Waals surface area contributed by atoms with Gasteiger partial charge in [-0.05, 0) is 31.2 Å². The van der Waals surface area contributed by atoms with Crippen LogP contribution in [0.4, 0.5) is 0 Å². The van der Waals surface area contributed by atoms with Crippen molar-refractivity contribution in [2.75, 3.05) is 14.2 Å². The molecule has 2 nitrogen and oxygen atoms in total. The Labute approximate surface area is 122 Å². The third-order valence-electron chi connectivity index (χ3n) is 3.24. The van der Waals surface area contributed by atoms with Crippen molar-refractivity contribution in [1.29, 1.82) is 0 Å². The predicted octanol–water partition coefficient (Wildman–Crippen LogP) is 5.25. The van der Waals surface area contributed by atoms with E-state index in [0.29, 0.717) is 16.7 Å². The van der Waals surface area contributed by atoms with Gasteiger partial charge in [0.15, 0.2) is 0 Å². The molecule has 1 atom stereocenters. The molecule has 19 heavy (non-hydrogen) atoms. The number of methoxy groups -OCH3 is 2. The van der Waals surface area contributed by atoms with Gasteiger partial charge in [-0.3, -0.25) is 0 Å². The van der Waals surface area contributed by atoms with Crippen LogP contribution in [0.1, 0.15) is 51.0 Å². The second-order valence-electron chi connectivity index (χ2n) is 4.65. The molecule has 0 spiro atoms. The Bertz CT molecular complexity index is 391. The fourth-order valence-electron chi connectivity index (χ4n) is 2.25. The quantitative estimate of drug-likeness (QED) is 0.649. The van der Waals surface area contributed by atoms with Gasteiger partial charge in [-0.1, -0.05) is 38.3 Å². The van der Waals surface area contributed by atoms with E-state index < -0.39 is 0 Å². The molecule has 1 radical (unpaired) electrons.